The summed E-state index contributed by atoms with van der Waals surface area (Å²) in [6, 6.07) is 11.8. The second kappa shape index (κ2) is 8.54. The van der Waals surface area contributed by atoms with Crippen molar-refractivity contribution < 1.29 is 19.1 Å². The number of methoxy groups -OCH3 is 1. The third-order valence-corrected chi connectivity index (χ3v) is 7.38. The molecule has 1 aliphatic carbocycles. The Labute approximate surface area is 194 Å². The van der Waals surface area contributed by atoms with Crippen molar-refractivity contribution in [3.8, 4) is 5.75 Å². The minimum atomic E-state index is -0.877. The molecule has 2 unspecified atom stereocenters. The minimum absolute atomic E-state index is 0.122. The Kier molecular flexibility index (Phi) is 5.70. The van der Waals surface area contributed by atoms with Gasteiger partial charge in [-0.3, -0.25) is 10.1 Å². The number of carbonyl (C=O) groups is 1. The number of aromatic nitrogens is 1. The smallest absolute Gasteiger partial charge is 0.271 e. The molecule has 0 radical (unpaired) electrons. The molecule has 0 bridgehead atoms. The maximum Gasteiger partial charge on any atom is 0.271 e. The van der Waals surface area contributed by atoms with Crippen LogP contribution in [0.2, 0.25) is 0 Å². The topological polar surface area (TPSA) is 79.9 Å². The highest BCUT2D eigenvalue weighted by molar-refractivity contribution is 5.99. The Hall–Kier alpha value is -2.77. The van der Waals surface area contributed by atoms with Crippen LogP contribution >= 0.6 is 0 Å². The van der Waals surface area contributed by atoms with Gasteiger partial charge in [0, 0.05) is 23.7 Å². The summed E-state index contributed by atoms with van der Waals surface area (Å²) in [6.45, 7) is 4.69. The van der Waals surface area contributed by atoms with Crippen LogP contribution in [0.5, 0.6) is 5.75 Å². The highest BCUT2D eigenvalue weighted by Gasteiger charge is 2.48. The standard InChI is InChI=1S/C26H33N3O4/c1-17-13-20-23(33-17)14-21-24(30)29(15-18-9-7-8-12-22(18)32-3)26(2,16-28(20)21)25(31)27-19-10-5-4-6-11-19/h7-9,12-14,19,25,27,31H,4-6,10-11,15-16H2,1-3H3. The van der Waals surface area contributed by atoms with Gasteiger partial charge >= 0.3 is 0 Å². The molecule has 5 rings (SSSR count). The van der Waals surface area contributed by atoms with E-state index in [9.17, 15) is 9.90 Å². The SMILES string of the molecule is COc1ccccc1CN1C(=O)c2cc3oc(C)cc3n2CC1(C)C(O)NC1CCCCC1. The van der Waals surface area contributed by atoms with Gasteiger partial charge in [-0.2, -0.15) is 0 Å². The maximum absolute atomic E-state index is 13.9. The summed E-state index contributed by atoms with van der Waals surface area (Å²) in [6.07, 6.45) is 4.80. The van der Waals surface area contributed by atoms with Crippen LogP contribution in [0.3, 0.4) is 0 Å². The number of nitrogens with one attached hydrogen (secondary N) is 1. The second-order valence-corrected chi connectivity index (χ2v) is 9.69. The van der Waals surface area contributed by atoms with Crippen LogP contribution < -0.4 is 10.1 Å². The minimum Gasteiger partial charge on any atom is -0.496 e. The highest BCUT2D eigenvalue weighted by Crippen LogP contribution is 2.37. The molecule has 1 saturated carbocycles. The van der Waals surface area contributed by atoms with E-state index in [0.717, 1.165) is 35.4 Å². The Balaban J connectivity index is 1.55. The van der Waals surface area contributed by atoms with Crippen LogP contribution in [0.1, 0.15) is 60.8 Å². The predicted molar refractivity (Wildman–Crippen MR) is 126 cm³/mol. The van der Waals surface area contributed by atoms with Gasteiger partial charge in [-0.05, 0) is 32.8 Å². The van der Waals surface area contributed by atoms with E-state index in [1.54, 1.807) is 12.0 Å². The van der Waals surface area contributed by atoms with E-state index in [1.165, 1.54) is 19.3 Å². The number of amides is 1. The molecule has 7 heteroatoms. The first-order valence-corrected chi connectivity index (χ1v) is 11.9. The molecule has 33 heavy (non-hydrogen) atoms. The molecule has 3 aromatic rings. The lowest BCUT2D eigenvalue weighted by molar-refractivity contribution is -0.0547. The molecular weight excluding hydrogens is 418 g/mol. The van der Waals surface area contributed by atoms with Crippen LogP contribution in [0.15, 0.2) is 40.8 Å². The third-order valence-electron chi connectivity index (χ3n) is 7.38. The van der Waals surface area contributed by atoms with Crippen molar-refractivity contribution in [2.75, 3.05) is 7.11 Å². The molecular formula is C26H33N3O4. The van der Waals surface area contributed by atoms with Gasteiger partial charge in [0.15, 0.2) is 5.58 Å². The number of ether oxygens (including phenoxy) is 1. The fourth-order valence-corrected chi connectivity index (χ4v) is 5.45. The van der Waals surface area contributed by atoms with Crippen molar-refractivity contribution in [2.45, 2.75) is 76.8 Å². The summed E-state index contributed by atoms with van der Waals surface area (Å²) in [4.78, 5) is 15.7. The number of rotatable bonds is 6. The van der Waals surface area contributed by atoms with Crippen LogP contribution in [0.25, 0.3) is 11.1 Å². The zero-order chi connectivity index (χ0) is 23.2. The fraction of sp³-hybridized carbons (Fsp3) is 0.500. The van der Waals surface area contributed by atoms with Gasteiger partial charge in [-0.15, -0.1) is 0 Å². The zero-order valence-corrected chi connectivity index (χ0v) is 19.6. The quantitative estimate of drug-likeness (QED) is 0.549. The molecule has 1 aliphatic heterocycles. The van der Waals surface area contributed by atoms with Crippen molar-refractivity contribution in [1.29, 1.82) is 0 Å². The van der Waals surface area contributed by atoms with Gasteiger partial charge in [0.2, 0.25) is 0 Å². The molecule has 176 valence electrons. The summed E-state index contributed by atoms with van der Waals surface area (Å²) < 4.78 is 13.4. The van der Waals surface area contributed by atoms with Crippen LogP contribution in [-0.2, 0) is 13.1 Å². The molecule has 0 saturated heterocycles. The largest absolute Gasteiger partial charge is 0.496 e. The first kappa shape index (κ1) is 22.0. The molecule has 1 aromatic carbocycles. The second-order valence-electron chi connectivity index (χ2n) is 9.69. The first-order chi connectivity index (χ1) is 15.9. The van der Waals surface area contributed by atoms with Crippen molar-refractivity contribution >= 4 is 17.0 Å². The summed E-state index contributed by atoms with van der Waals surface area (Å²) >= 11 is 0. The number of hydrogen-bond donors (Lipinski definition) is 2. The summed E-state index contributed by atoms with van der Waals surface area (Å²) in [5, 5.41) is 15.0. The molecule has 1 amide bonds. The highest BCUT2D eigenvalue weighted by atomic mass is 16.5. The third kappa shape index (κ3) is 3.83. The number of aliphatic hydroxyl groups excluding tert-OH is 1. The van der Waals surface area contributed by atoms with Crippen LogP contribution in [0, 0.1) is 6.92 Å². The van der Waals surface area contributed by atoms with Gasteiger partial charge in [-0.25, -0.2) is 0 Å². The van der Waals surface area contributed by atoms with Gasteiger partial charge in [0.05, 0.1) is 31.3 Å². The Morgan fingerprint density at radius 2 is 2.00 bits per heavy atom. The molecule has 2 N–H and O–H groups in total. The number of aryl methyl sites for hydroxylation is 1. The van der Waals surface area contributed by atoms with Crippen LogP contribution in [0.4, 0.5) is 0 Å². The molecule has 0 spiro atoms. The predicted octanol–water partition coefficient (Wildman–Crippen LogP) is 4.21. The van der Waals surface area contributed by atoms with E-state index < -0.39 is 11.8 Å². The average Bonchev–Trinajstić information content (AvgIpc) is 3.34. The van der Waals surface area contributed by atoms with Gasteiger partial charge in [0.25, 0.3) is 5.91 Å². The Bertz CT molecular complexity index is 1160. The summed E-state index contributed by atoms with van der Waals surface area (Å²) in [7, 11) is 1.64. The van der Waals surface area contributed by atoms with Gasteiger partial charge in [0.1, 0.15) is 23.4 Å². The molecule has 7 nitrogen and oxygen atoms in total. The number of carbonyl (C=O) groups excluding carboxylic acids is 1. The number of benzene rings is 1. The monoisotopic (exact) mass is 451 g/mol. The summed E-state index contributed by atoms with van der Waals surface area (Å²) in [5.41, 5.74) is 2.22. The normalized spacial score (nSPS) is 22.5. The lowest BCUT2D eigenvalue weighted by Gasteiger charge is -2.49. The molecule has 3 heterocycles. The van der Waals surface area contributed by atoms with Crippen molar-refractivity contribution in [3.63, 3.8) is 0 Å². The maximum atomic E-state index is 13.9. The fourth-order valence-electron chi connectivity index (χ4n) is 5.45. The van der Waals surface area contributed by atoms with E-state index in [-0.39, 0.29) is 11.9 Å². The number of nitrogens with zero attached hydrogens (tertiary/aromatic N) is 2. The van der Waals surface area contributed by atoms with E-state index in [4.69, 9.17) is 9.15 Å². The van der Waals surface area contributed by atoms with Crippen LogP contribution in [-0.4, -0.2) is 45.4 Å². The zero-order valence-electron chi connectivity index (χ0n) is 19.6. The Morgan fingerprint density at radius 1 is 1.24 bits per heavy atom. The van der Waals surface area contributed by atoms with E-state index >= 15 is 0 Å². The number of fused-ring (bicyclic) bond motifs is 3. The molecule has 2 aromatic heterocycles. The number of aliphatic hydroxyl groups is 1. The lowest BCUT2D eigenvalue weighted by atomic mass is 9.90. The molecule has 2 aliphatic rings. The Morgan fingerprint density at radius 3 is 2.76 bits per heavy atom. The number of para-hydroxylation sites is 1. The van der Waals surface area contributed by atoms with E-state index in [0.29, 0.717) is 24.4 Å². The number of furan rings is 1. The number of hydrogen-bond acceptors (Lipinski definition) is 5. The first-order valence-electron chi connectivity index (χ1n) is 11.9. The van der Waals surface area contributed by atoms with E-state index in [2.05, 4.69) is 5.32 Å². The molecule has 1 fully saturated rings. The summed E-state index contributed by atoms with van der Waals surface area (Å²) in [5.74, 6) is 1.41. The lowest BCUT2D eigenvalue weighted by Crippen LogP contribution is -2.66. The molecule has 2 atom stereocenters. The van der Waals surface area contributed by atoms with E-state index in [1.807, 2.05) is 54.8 Å². The van der Waals surface area contributed by atoms with Gasteiger partial charge < -0.3 is 23.7 Å². The van der Waals surface area contributed by atoms with Crippen molar-refractivity contribution in [1.82, 2.24) is 14.8 Å². The van der Waals surface area contributed by atoms with Crippen molar-refractivity contribution in [3.05, 3.63) is 53.4 Å². The van der Waals surface area contributed by atoms with Gasteiger partial charge in [-0.1, -0.05) is 37.5 Å². The van der Waals surface area contributed by atoms with Crippen molar-refractivity contribution in [2.24, 2.45) is 0 Å². The average molecular weight is 452 g/mol.